The molecule has 1 aromatic rings. The van der Waals surface area contributed by atoms with Crippen LogP contribution in [-0.4, -0.2) is 31.1 Å². The van der Waals surface area contributed by atoms with Crippen molar-refractivity contribution in [1.29, 1.82) is 5.26 Å². The van der Waals surface area contributed by atoms with Gasteiger partial charge in [0, 0.05) is 24.7 Å². The zero-order valence-corrected chi connectivity index (χ0v) is 12.5. The van der Waals surface area contributed by atoms with Crippen molar-refractivity contribution in [2.45, 2.75) is 26.8 Å². The minimum absolute atomic E-state index is 0.605. The Morgan fingerprint density at radius 3 is 2.68 bits per heavy atom. The van der Waals surface area contributed by atoms with Crippen LogP contribution in [0.4, 0.5) is 0 Å². The Labute approximate surface area is 121 Å². The maximum absolute atomic E-state index is 8.78. The molecule has 0 saturated carbocycles. The van der Waals surface area contributed by atoms with Crippen molar-refractivity contribution in [2.75, 3.05) is 26.2 Å². The van der Waals surface area contributed by atoms with Gasteiger partial charge in [0.25, 0.3) is 0 Å². The lowest BCUT2D eigenvalue weighted by atomic mass is 10.1. The topological polar surface area (TPSA) is 39.1 Å². The average Bonchev–Trinajstić information content (AvgIpc) is 2.43. The third-order valence-corrected chi connectivity index (χ3v) is 3.44. The first kappa shape index (κ1) is 16.0. The highest BCUT2D eigenvalue weighted by Gasteiger charge is 2.03. The fourth-order valence-electron chi connectivity index (χ4n) is 1.96. The van der Waals surface area contributed by atoms with E-state index >= 15 is 0 Å². The van der Waals surface area contributed by atoms with Gasteiger partial charge in [-0.3, -0.25) is 0 Å². The zero-order chi connectivity index (χ0) is 14.1. The molecule has 0 aliphatic rings. The standard InChI is InChI=1S/C15H22ClN3/c1-3-8-19(4-2)9-7-18-12-14-6-5-13(11-17)10-15(14)16/h5-6,10,18H,3-4,7-9,12H2,1-2H3. The molecule has 0 bridgehead atoms. The molecule has 0 aliphatic heterocycles. The van der Waals surface area contributed by atoms with Crippen molar-refractivity contribution in [3.8, 4) is 6.07 Å². The molecule has 104 valence electrons. The van der Waals surface area contributed by atoms with Gasteiger partial charge in [0.1, 0.15) is 0 Å². The second-order valence-electron chi connectivity index (χ2n) is 4.53. The van der Waals surface area contributed by atoms with E-state index < -0.39 is 0 Å². The fourth-order valence-corrected chi connectivity index (χ4v) is 2.21. The first-order chi connectivity index (χ1) is 9.21. The van der Waals surface area contributed by atoms with Crippen LogP contribution >= 0.6 is 11.6 Å². The summed E-state index contributed by atoms with van der Waals surface area (Å²) in [5, 5.41) is 12.8. The van der Waals surface area contributed by atoms with Gasteiger partial charge >= 0.3 is 0 Å². The molecule has 0 heterocycles. The monoisotopic (exact) mass is 279 g/mol. The number of nitrogens with zero attached hydrogens (tertiary/aromatic N) is 2. The number of benzene rings is 1. The summed E-state index contributed by atoms with van der Waals surface area (Å²) in [5.74, 6) is 0. The quantitative estimate of drug-likeness (QED) is 0.744. The molecule has 3 nitrogen and oxygen atoms in total. The van der Waals surface area contributed by atoms with Crippen molar-refractivity contribution in [3.63, 3.8) is 0 Å². The molecular formula is C15H22ClN3. The molecule has 0 amide bonds. The summed E-state index contributed by atoms with van der Waals surface area (Å²) in [6.45, 7) is 9.37. The first-order valence-corrected chi connectivity index (χ1v) is 7.20. The van der Waals surface area contributed by atoms with Gasteiger partial charge in [0.2, 0.25) is 0 Å². The first-order valence-electron chi connectivity index (χ1n) is 6.82. The molecule has 0 unspecified atom stereocenters. The van der Waals surface area contributed by atoms with Crippen LogP contribution in [0.15, 0.2) is 18.2 Å². The normalized spacial score (nSPS) is 10.7. The highest BCUT2D eigenvalue weighted by Crippen LogP contribution is 2.17. The van der Waals surface area contributed by atoms with Crippen LogP contribution < -0.4 is 5.32 Å². The SMILES string of the molecule is CCCN(CC)CCNCc1ccc(C#N)cc1Cl. The summed E-state index contributed by atoms with van der Waals surface area (Å²) in [7, 11) is 0. The third-order valence-electron chi connectivity index (χ3n) is 3.09. The molecule has 1 N–H and O–H groups in total. The smallest absolute Gasteiger partial charge is 0.0992 e. The van der Waals surface area contributed by atoms with Gasteiger partial charge < -0.3 is 10.2 Å². The van der Waals surface area contributed by atoms with Gasteiger partial charge in [0.15, 0.2) is 0 Å². The van der Waals surface area contributed by atoms with Crippen LogP contribution in [-0.2, 0) is 6.54 Å². The number of halogens is 1. The third kappa shape index (κ3) is 5.61. The Balaban J connectivity index is 2.35. The predicted octanol–water partition coefficient (Wildman–Crippen LogP) is 3.03. The lowest BCUT2D eigenvalue weighted by Crippen LogP contribution is -2.32. The van der Waals surface area contributed by atoms with Crippen LogP contribution in [0.2, 0.25) is 5.02 Å². The molecule has 4 heteroatoms. The van der Waals surface area contributed by atoms with Crippen LogP contribution in [0.5, 0.6) is 0 Å². The highest BCUT2D eigenvalue weighted by molar-refractivity contribution is 6.31. The molecular weight excluding hydrogens is 258 g/mol. The van der Waals surface area contributed by atoms with E-state index in [0.29, 0.717) is 10.6 Å². The van der Waals surface area contributed by atoms with Crippen molar-refractivity contribution < 1.29 is 0 Å². The minimum Gasteiger partial charge on any atom is -0.311 e. The summed E-state index contributed by atoms with van der Waals surface area (Å²) in [5.41, 5.74) is 1.65. The van der Waals surface area contributed by atoms with E-state index in [2.05, 4.69) is 30.1 Å². The number of likely N-dealkylation sites (N-methyl/N-ethyl adjacent to an activating group) is 1. The van der Waals surface area contributed by atoms with E-state index in [9.17, 15) is 0 Å². The van der Waals surface area contributed by atoms with Crippen LogP contribution in [0.3, 0.4) is 0 Å². The van der Waals surface area contributed by atoms with E-state index in [1.807, 2.05) is 6.07 Å². The summed E-state index contributed by atoms with van der Waals surface area (Å²) in [6.07, 6.45) is 1.19. The second-order valence-corrected chi connectivity index (χ2v) is 4.94. The van der Waals surface area contributed by atoms with Gasteiger partial charge in [-0.05, 0) is 37.2 Å². The molecule has 0 aromatic heterocycles. The lowest BCUT2D eigenvalue weighted by Gasteiger charge is -2.19. The number of hydrogen-bond acceptors (Lipinski definition) is 3. The second kappa shape index (κ2) is 8.92. The van der Waals surface area contributed by atoms with Gasteiger partial charge in [-0.25, -0.2) is 0 Å². The van der Waals surface area contributed by atoms with E-state index in [0.717, 1.165) is 38.3 Å². The zero-order valence-electron chi connectivity index (χ0n) is 11.7. The van der Waals surface area contributed by atoms with Crippen LogP contribution in [0.1, 0.15) is 31.4 Å². The van der Waals surface area contributed by atoms with Crippen molar-refractivity contribution in [2.24, 2.45) is 0 Å². The maximum atomic E-state index is 8.78. The van der Waals surface area contributed by atoms with Gasteiger partial charge in [-0.15, -0.1) is 0 Å². The molecule has 0 fully saturated rings. The van der Waals surface area contributed by atoms with Gasteiger partial charge in [0.05, 0.1) is 11.6 Å². The molecule has 0 saturated heterocycles. The maximum Gasteiger partial charge on any atom is 0.0992 e. The Kier molecular flexibility index (Phi) is 7.50. The average molecular weight is 280 g/mol. The lowest BCUT2D eigenvalue weighted by molar-refractivity contribution is 0.287. The van der Waals surface area contributed by atoms with Gasteiger partial charge in [-0.2, -0.15) is 5.26 Å². The molecule has 0 radical (unpaired) electrons. The van der Waals surface area contributed by atoms with Crippen molar-refractivity contribution in [1.82, 2.24) is 10.2 Å². The minimum atomic E-state index is 0.605. The summed E-state index contributed by atoms with van der Waals surface area (Å²) < 4.78 is 0. The van der Waals surface area contributed by atoms with E-state index in [4.69, 9.17) is 16.9 Å². The number of nitriles is 1. The van der Waals surface area contributed by atoms with E-state index in [1.54, 1.807) is 12.1 Å². The van der Waals surface area contributed by atoms with Crippen molar-refractivity contribution >= 4 is 11.6 Å². The molecule has 0 aliphatic carbocycles. The molecule has 0 spiro atoms. The molecule has 0 atom stereocenters. The Hall–Kier alpha value is -1.08. The molecule has 19 heavy (non-hydrogen) atoms. The van der Waals surface area contributed by atoms with Crippen molar-refractivity contribution in [3.05, 3.63) is 34.3 Å². The van der Waals surface area contributed by atoms with Gasteiger partial charge in [-0.1, -0.05) is 31.5 Å². The summed E-state index contributed by atoms with van der Waals surface area (Å²) >= 11 is 6.13. The Morgan fingerprint density at radius 2 is 2.11 bits per heavy atom. The van der Waals surface area contributed by atoms with E-state index in [-0.39, 0.29) is 0 Å². The summed E-state index contributed by atoms with van der Waals surface area (Å²) in [4.78, 5) is 2.42. The summed E-state index contributed by atoms with van der Waals surface area (Å²) in [6, 6.07) is 7.52. The highest BCUT2D eigenvalue weighted by atomic mass is 35.5. The molecule has 1 rings (SSSR count). The van der Waals surface area contributed by atoms with Crippen LogP contribution in [0, 0.1) is 11.3 Å². The Morgan fingerprint density at radius 1 is 1.32 bits per heavy atom. The van der Waals surface area contributed by atoms with E-state index in [1.165, 1.54) is 6.42 Å². The predicted molar refractivity (Wildman–Crippen MR) is 80.3 cm³/mol. The largest absolute Gasteiger partial charge is 0.311 e. The molecule has 1 aromatic carbocycles. The number of rotatable bonds is 8. The Bertz CT molecular complexity index is 426. The number of hydrogen-bond donors (Lipinski definition) is 1. The fraction of sp³-hybridized carbons (Fsp3) is 0.533. The van der Waals surface area contributed by atoms with Crippen LogP contribution in [0.25, 0.3) is 0 Å². The number of nitrogens with one attached hydrogen (secondary N) is 1.